The summed E-state index contributed by atoms with van der Waals surface area (Å²) in [5.74, 6) is -0.932. The molecule has 0 bridgehead atoms. The molecule has 1 rings (SSSR count). The quantitative estimate of drug-likeness (QED) is 0.270. The van der Waals surface area contributed by atoms with E-state index in [2.05, 4.69) is 19.1 Å². The highest BCUT2D eigenvalue weighted by Gasteiger charge is 2.39. The summed E-state index contributed by atoms with van der Waals surface area (Å²) in [7, 11) is 0. The van der Waals surface area contributed by atoms with Gasteiger partial charge in [-0.05, 0) is 38.0 Å². The lowest BCUT2D eigenvalue weighted by molar-refractivity contribution is -0.137. The Bertz CT molecular complexity index is 460. The minimum absolute atomic E-state index is 0.0126. The molecule has 5 heteroatoms. The molecule has 0 spiro atoms. The number of aliphatic carboxylic acids is 1. The van der Waals surface area contributed by atoms with Crippen LogP contribution in [0.3, 0.4) is 0 Å². The molecule has 156 valence electrons. The molecule has 1 aliphatic carbocycles. The Labute approximate surface area is 163 Å². The highest BCUT2D eigenvalue weighted by Crippen LogP contribution is 2.36. The lowest BCUT2D eigenvalue weighted by atomic mass is 9.89. The van der Waals surface area contributed by atoms with E-state index in [0.717, 1.165) is 25.7 Å². The molecule has 0 aromatic heterocycles. The zero-order valence-corrected chi connectivity index (χ0v) is 16.7. The highest BCUT2D eigenvalue weighted by atomic mass is 16.4. The van der Waals surface area contributed by atoms with Gasteiger partial charge < -0.3 is 20.4 Å². The smallest absolute Gasteiger partial charge is 0.303 e. The number of carboxylic acid groups (broad SMARTS) is 1. The minimum Gasteiger partial charge on any atom is -0.481 e. The fourth-order valence-electron chi connectivity index (χ4n) is 3.75. The summed E-state index contributed by atoms with van der Waals surface area (Å²) in [5.41, 5.74) is 0. The molecule has 4 N–H and O–H groups in total. The predicted octanol–water partition coefficient (Wildman–Crippen LogP) is 3.82. The summed E-state index contributed by atoms with van der Waals surface area (Å²) in [5, 5.41) is 39.2. The van der Waals surface area contributed by atoms with Gasteiger partial charge >= 0.3 is 5.97 Å². The number of rotatable bonds is 14. The van der Waals surface area contributed by atoms with Gasteiger partial charge in [0, 0.05) is 18.8 Å². The molecule has 27 heavy (non-hydrogen) atoms. The van der Waals surface area contributed by atoms with Gasteiger partial charge in [0.05, 0.1) is 18.3 Å². The van der Waals surface area contributed by atoms with Gasteiger partial charge in [-0.15, -0.1) is 0 Å². The lowest BCUT2D eigenvalue weighted by Gasteiger charge is -2.19. The molecule has 0 saturated heterocycles. The van der Waals surface area contributed by atoms with E-state index in [4.69, 9.17) is 5.11 Å². The van der Waals surface area contributed by atoms with Crippen LogP contribution >= 0.6 is 0 Å². The number of carbonyl (C=O) groups is 1. The van der Waals surface area contributed by atoms with E-state index in [1.54, 1.807) is 6.08 Å². The number of hydrogen-bond acceptors (Lipinski definition) is 4. The summed E-state index contributed by atoms with van der Waals surface area (Å²) < 4.78 is 0. The van der Waals surface area contributed by atoms with Gasteiger partial charge in [-0.2, -0.15) is 0 Å². The molecule has 1 fully saturated rings. The third-order valence-corrected chi connectivity index (χ3v) is 5.41. The zero-order valence-electron chi connectivity index (χ0n) is 16.7. The van der Waals surface area contributed by atoms with E-state index in [1.165, 1.54) is 19.3 Å². The van der Waals surface area contributed by atoms with Crippen molar-refractivity contribution in [3.8, 4) is 0 Å². The third-order valence-electron chi connectivity index (χ3n) is 5.41. The molecule has 1 aliphatic rings. The molecule has 0 amide bonds. The Morgan fingerprint density at radius 1 is 1.07 bits per heavy atom. The number of aliphatic hydroxyl groups is 3. The van der Waals surface area contributed by atoms with E-state index in [-0.39, 0.29) is 18.3 Å². The van der Waals surface area contributed by atoms with Crippen molar-refractivity contribution in [3.05, 3.63) is 24.3 Å². The van der Waals surface area contributed by atoms with Crippen LogP contribution in [-0.2, 0) is 4.79 Å². The number of carboxylic acids is 1. The topological polar surface area (TPSA) is 98.0 Å². The van der Waals surface area contributed by atoms with Crippen LogP contribution in [0, 0.1) is 11.8 Å². The molecule has 0 unspecified atom stereocenters. The van der Waals surface area contributed by atoms with E-state index in [0.29, 0.717) is 19.3 Å². The van der Waals surface area contributed by atoms with Crippen molar-refractivity contribution < 1.29 is 25.2 Å². The van der Waals surface area contributed by atoms with Crippen molar-refractivity contribution in [2.75, 3.05) is 0 Å². The van der Waals surface area contributed by atoms with E-state index < -0.39 is 24.3 Å². The average Bonchev–Trinajstić information content (AvgIpc) is 2.88. The summed E-state index contributed by atoms with van der Waals surface area (Å²) in [6.45, 7) is 2.18. The molecule has 5 nitrogen and oxygen atoms in total. The fraction of sp³-hybridized carbons (Fsp3) is 0.773. The Morgan fingerprint density at radius 2 is 1.85 bits per heavy atom. The second kappa shape index (κ2) is 13.9. The largest absolute Gasteiger partial charge is 0.481 e. The Balaban J connectivity index is 2.39. The van der Waals surface area contributed by atoms with Gasteiger partial charge in [-0.25, -0.2) is 0 Å². The SMILES string of the molecule is CCCCC/C=C\C[C@@H]1[C@@H](/C=C/[C@H](O)CCCCCC(=O)O)[C@@H](O)C[C@H]1O. The van der Waals surface area contributed by atoms with Crippen LogP contribution in [0.4, 0.5) is 0 Å². The number of unbranched alkanes of at least 4 members (excludes halogenated alkanes) is 5. The van der Waals surface area contributed by atoms with Crippen molar-refractivity contribution in [1.82, 2.24) is 0 Å². The summed E-state index contributed by atoms with van der Waals surface area (Å²) in [6, 6.07) is 0. The molecule has 5 atom stereocenters. The van der Waals surface area contributed by atoms with Crippen molar-refractivity contribution >= 4 is 5.97 Å². The normalized spacial score (nSPS) is 27.0. The number of hydrogen-bond donors (Lipinski definition) is 4. The molecule has 1 saturated carbocycles. The monoisotopic (exact) mass is 382 g/mol. The predicted molar refractivity (Wildman–Crippen MR) is 107 cm³/mol. The van der Waals surface area contributed by atoms with Gasteiger partial charge in [0.15, 0.2) is 0 Å². The van der Waals surface area contributed by atoms with Crippen LogP contribution in [0.2, 0.25) is 0 Å². The zero-order chi connectivity index (χ0) is 20.1. The second-order valence-electron chi connectivity index (χ2n) is 7.76. The molecule has 0 aromatic carbocycles. The van der Waals surface area contributed by atoms with Crippen LogP contribution in [-0.4, -0.2) is 44.7 Å². The summed E-state index contributed by atoms with van der Waals surface area (Å²) in [4.78, 5) is 10.5. The van der Waals surface area contributed by atoms with Crippen molar-refractivity contribution in [1.29, 1.82) is 0 Å². The van der Waals surface area contributed by atoms with Crippen molar-refractivity contribution in [3.63, 3.8) is 0 Å². The lowest BCUT2D eigenvalue weighted by Crippen LogP contribution is -2.20. The van der Waals surface area contributed by atoms with E-state index >= 15 is 0 Å². The Hall–Kier alpha value is -1.17. The number of aliphatic hydroxyl groups excluding tert-OH is 3. The average molecular weight is 383 g/mol. The maximum Gasteiger partial charge on any atom is 0.303 e. The van der Waals surface area contributed by atoms with Gasteiger partial charge in [0.25, 0.3) is 0 Å². The second-order valence-corrected chi connectivity index (χ2v) is 7.76. The molecular formula is C22H38O5. The molecule has 0 heterocycles. The molecular weight excluding hydrogens is 344 g/mol. The van der Waals surface area contributed by atoms with Crippen molar-refractivity contribution in [2.45, 2.75) is 95.9 Å². The van der Waals surface area contributed by atoms with Gasteiger partial charge in [0.2, 0.25) is 0 Å². The van der Waals surface area contributed by atoms with Crippen LogP contribution in [0.15, 0.2) is 24.3 Å². The maximum atomic E-state index is 10.5. The van der Waals surface area contributed by atoms with Crippen molar-refractivity contribution in [2.24, 2.45) is 11.8 Å². The first-order valence-electron chi connectivity index (χ1n) is 10.5. The first-order valence-corrected chi connectivity index (χ1v) is 10.5. The minimum atomic E-state index is -0.783. The van der Waals surface area contributed by atoms with E-state index in [9.17, 15) is 20.1 Å². The maximum absolute atomic E-state index is 10.5. The van der Waals surface area contributed by atoms with E-state index in [1.807, 2.05) is 6.08 Å². The number of allylic oxidation sites excluding steroid dienone is 2. The van der Waals surface area contributed by atoms with Crippen LogP contribution < -0.4 is 0 Å². The fourth-order valence-corrected chi connectivity index (χ4v) is 3.75. The highest BCUT2D eigenvalue weighted by molar-refractivity contribution is 5.66. The van der Waals surface area contributed by atoms with Crippen LogP contribution in [0.1, 0.15) is 77.6 Å². The molecule has 0 radical (unpaired) electrons. The first kappa shape index (κ1) is 23.9. The van der Waals surface area contributed by atoms with Crippen LogP contribution in [0.5, 0.6) is 0 Å². The summed E-state index contributed by atoms with van der Waals surface area (Å²) in [6.07, 6.45) is 14.9. The Kier molecular flexibility index (Phi) is 12.3. The third kappa shape index (κ3) is 10.1. The first-order chi connectivity index (χ1) is 13.0. The summed E-state index contributed by atoms with van der Waals surface area (Å²) >= 11 is 0. The molecule has 0 aliphatic heterocycles. The Morgan fingerprint density at radius 3 is 2.56 bits per heavy atom. The molecule has 0 aromatic rings. The van der Waals surface area contributed by atoms with Crippen LogP contribution in [0.25, 0.3) is 0 Å². The standard InChI is InChI=1S/C22H38O5/c1-2-3-4-5-6-9-12-18-19(21(25)16-20(18)24)15-14-17(23)11-8-7-10-13-22(26)27/h6,9,14-15,17-21,23-25H,2-5,7-8,10-13,16H2,1H3,(H,26,27)/b9-6-,15-14+/t17-,18-,19-,20-,21+/m1/s1. The van der Waals surface area contributed by atoms with Gasteiger partial charge in [0.1, 0.15) is 0 Å². The van der Waals surface area contributed by atoms with Gasteiger partial charge in [-0.1, -0.05) is 56.9 Å². The van der Waals surface area contributed by atoms with Gasteiger partial charge in [-0.3, -0.25) is 4.79 Å².